The average molecular weight is 344 g/mol. The summed E-state index contributed by atoms with van der Waals surface area (Å²) < 4.78 is 40.7. The molecule has 0 unspecified atom stereocenters. The van der Waals surface area contributed by atoms with E-state index in [-0.39, 0.29) is 5.75 Å². The Morgan fingerprint density at radius 3 is 2.10 bits per heavy atom. The van der Waals surface area contributed by atoms with Gasteiger partial charge in [-0.1, -0.05) is 28.1 Å². The molecule has 0 aromatic heterocycles. The molecule has 0 heterocycles. The zero-order valence-electron chi connectivity index (χ0n) is 10.1. The van der Waals surface area contributed by atoms with Crippen molar-refractivity contribution in [3.05, 3.63) is 58.6 Å². The van der Waals surface area contributed by atoms with E-state index < -0.39 is 6.36 Å². The molecule has 0 aliphatic carbocycles. The third-order valence-corrected chi connectivity index (χ3v) is 2.83. The van der Waals surface area contributed by atoms with Crippen LogP contribution in [0.15, 0.2) is 58.0 Å². The van der Waals surface area contributed by atoms with Crippen LogP contribution in [0.3, 0.4) is 0 Å². The van der Waals surface area contributed by atoms with Crippen LogP contribution in [0.5, 0.6) is 5.75 Å². The van der Waals surface area contributed by atoms with Crippen LogP contribution in [0, 0.1) is 0 Å². The molecule has 0 fully saturated rings. The number of benzene rings is 2. The summed E-state index contributed by atoms with van der Waals surface area (Å²) in [5.41, 5.74) is 1.44. The first-order valence-corrected chi connectivity index (χ1v) is 6.37. The SMILES string of the molecule is FC(F)(F)Oc1ccc(N=Cc2ccc(Br)cc2)cc1. The van der Waals surface area contributed by atoms with E-state index in [0.29, 0.717) is 5.69 Å². The molecular formula is C14H9BrF3NO. The monoisotopic (exact) mass is 343 g/mol. The van der Waals surface area contributed by atoms with Gasteiger partial charge in [-0.3, -0.25) is 4.99 Å². The molecular weight excluding hydrogens is 335 g/mol. The number of aliphatic imine (C=N–C) groups is 1. The summed E-state index contributed by atoms with van der Waals surface area (Å²) in [6.07, 6.45) is -3.05. The van der Waals surface area contributed by atoms with Crippen molar-refractivity contribution >= 4 is 27.8 Å². The minimum atomic E-state index is -4.68. The largest absolute Gasteiger partial charge is 0.573 e. The zero-order valence-corrected chi connectivity index (χ0v) is 11.6. The van der Waals surface area contributed by atoms with Crippen molar-refractivity contribution in [2.45, 2.75) is 6.36 Å². The maximum Gasteiger partial charge on any atom is 0.573 e. The molecule has 0 bridgehead atoms. The Bertz CT molecular complexity index is 591. The Balaban J connectivity index is 2.05. The number of ether oxygens (including phenoxy) is 1. The lowest BCUT2D eigenvalue weighted by Crippen LogP contribution is -2.16. The lowest BCUT2D eigenvalue weighted by Gasteiger charge is -2.08. The minimum absolute atomic E-state index is 0.264. The maximum atomic E-state index is 12.0. The van der Waals surface area contributed by atoms with Crippen LogP contribution in [-0.2, 0) is 0 Å². The van der Waals surface area contributed by atoms with Crippen LogP contribution in [0.4, 0.5) is 18.9 Å². The fourth-order valence-corrected chi connectivity index (χ4v) is 1.70. The summed E-state index contributed by atoms with van der Waals surface area (Å²) in [5.74, 6) is -0.264. The first-order chi connectivity index (χ1) is 9.42. The van der Waals surface area contributed by atoms with Gasteiger partial charge in [0.2, 0.25) is 0 Å². The van der Waals surface area contributed by atoms with Gasteiger partial charge in [-0.25, -0.2) is 0 Å². The second-order valence-electron chi connectivity index (χ2n) is 3.85. The van der Waals surface area contributed by atoms with Crippen LogP contribution in [-0.4, -0.2) is 12.6 Å². The molecule has 6 heteroatoms. The van der Waals surface area contributed by atoms with Gasteiger partial charge >= 0.3 is 6.36 Å². The van der Waals surface area contributed by atoms with Crippen LogP contribution >= 0.6 is 15.9 Å². The van der Waals surface area contributed by atoms with Crippen molar-refractivity contribution in [1.29, 1.82) is 0 Å². The lowest BCUT2D eigenvalue weighted by molar-refractivity contribution is -0.274. The third-order valence-electron chi connectivity index (χ3n) is 2.30. The molecule has 2 aromatic carbocycles. The lowest BCUT2D eigenvalue weighted by atomic mass is 10.2. The van der Waals surface area contributed by atoms with Gasteiger partial charge in [0.15, 0.2) is 0 Å². The predicted octanol–water partition coefficient (Wildman–Crippen LogP) is 5.10. The highest BCUT2D eigenvalue weighted by atomic mass is 79.9. The van der Waals surface area contributed by atoms with E-state index in [1.807, 2.05) is 24.3 Å². The molecule has 20 heavy (non-hydrogen) atoms. The molecule has 0 atom stereocenters. The van der Waals surface area contributed by atoms with Gasteiger partial charge in [0, 0.05) is 10.7 Å². The highest BCUT2D eigenvalue weighted by Gasteiger charge is 2.30. The molecule has 0 amide bonds. The standard InChI is InChI=1S/C14H9BrF3NO/c15-11-3-1-10(2-4-11)9-19-12-5-7-13(8-6-12)20-14(16,17)18/h1-9H. The van der Waals surface area contributed by atoms with Crippen LogP contribution in [0.25, 0.3) is 0 Å². The van der Waals surface area contributed by atoms with Crippen LogP contribution in [0.1, 0.15) is 5.56 Å². The van der Waals surface area contributed by atoms with E-state index in [1.54, 1.807) is 6.21 Å². The second-order valence-corrected chi connectivity index (χ2v) is 4.77. The second kappa shape index (κ2) is 6.09. The van der Waals surface area contributed by atoms with Gasteiger partial charge in [0.05, 0.1) is 5.69 Å². The van der Waals surface area contributed by atoms with Crippen molar-refractivity contribution in [1.82, 2.24) is 0 Å². The normalized spacial score (nSPS) is 11.8. The molecule has 0 saturated carbocycles. The molecule has 2 aromatic rings. The van der Waals surface area contributed by atoms with E-state index >= 15 is 0 Å². The van der Waals surface area contributed by atoms with Crippen molar-refractivity contribution in [2.24, 2.45) is 4.99 Å². The van der Waals surface area contributed by atoms with E-state index in [4.69, 9.17) is 0 Å². The summed E-state index contributed by atoms with van der Waals surface area (Å²) in [7, 11) is 0. The molecule has 0 aliphatic heterocycles. The minimum Gasteiger partial charge on any atom is -0.406 e. The molecule has 0 spiro atoms. The zero-order chi connectivity index (χ0) is 14.6. The number of nitrogens with zero attached hydrogens (tertiary/aromatic N) is 1. The van der Waals surface area contributed by atoms with E-state index in [1.165, 1.54) is 24.3 Å². The average Bonchev–Trinajstić information content (AvgIpc) is 2.38. The van der Waals surface area contributed by atoms with Gasteiger partial charge in [-0.15, -0.1) is 13.2 Å². The summed E-state index contributed by atoms with van der Waals surface area (Å²) >= 11 is 3.32. The van der Waals surface area contributed by atoms with Crippen molar-refractivity contribution < 1.29 is 17.9 Å². The van der Waals surface area contributed by atoms with Gasteiger partial charge in [0.1, 0.15) is 5.75 Å². The van der Waals surface area contributed by atoms with Gasteiger partial charge in [-0.05, 0) is 42.0 Å². The van der Waals surface area contributed by atoms with E-state index in [2.05, 4.69) is 25.7 Å². The smallest absolute Gasteiger partial charge is 0.406 e. The van der Waals surface area contributed by atoms with Crippen LogP contribution < -0.4 is 4.74 Å². The number of alkyl halides is 3. The highest BCUT2D eigenvalue weighted by Crippen LogP contribution is 2.24. The molecule has 0 radical (unpaired) electrons. The predicted molar refractivity (Wildman–Crippen MR) is 74.5 cm³/mol. The van der Waals surface area contributed by atoms with E-state index in [0.717, 1.165) is 10.0 Å². The first-order valence-electron chi connectivity index (χ1n) is 5.58. The fourth-order valence-electron chi connectivity index (χ4n) is 1.43. The Morgan fingerprint density at radius 1 is 0.950 bits per heavy atom. The fraction of sp³-hybridized carbons (Fsp3) is 0.0714. The molecule has 0 N–H and O–H groups in total. The Hall–Kier alpha value is -1.82. The van der Waals surface area contributed by atoms with Crippen LogP contribution in [0.2, 0.25) is 0 Å². The highest BCUT2D eigenvalue weighted by molar-refractivity contribution is 9.10. The van der Waals surface area contributed by atoms with Gasteiger partial charge < -0.3 is 4.74 Å². The summed E-state index contributed by atoms with van der Waals surface area (Å²) in [5, 5.41) is 0. The Kier molecular flexibility index (Phi) is 4.44. The number of hydrogen-bond donors (Lipinski definition) is 0. The quantitative estimate of drug-likeness (QED) is 0.710. The Morgan fingerprint density at radius 2 is 1.55 bits per heavy atom. The summed E-state index contributed by atoms with van der Waals surface area (Å²) in [4.78, 5) is 4.17. The topological polar surface area (TPSA) is 21.6 Å². The van der Waals surface area contributed by atoms with Gasteiger partial charge in [-0.2, -0.15) is 0 Å². The van der Waals surface area contributed by atoms with Gasteiger partial charge in [0.25, 0.3) is 0 Å². The Labute approximate surface area is 122 Å². The van der Waals surface area contributed by atoms with Crippen molar-refractivity contribution in [3.8, 4) is 5.75 Å². The first kappa shape index (κ1) is 14.6. The molecule has 0 aliphatic rings. The molecule has 2 rings (SSSR count). The maximum absolute atomic E-state index is 12.0. The molecule has 104 valence electrons. The number of hydrogen-bond acceptors (Lipinski definition) is 2. The summed E-state index contributed by atoms with van der Waals surface area (Å²) in [6.45, 7) is 0. The third kappa shape index (κ3) is 4.70. The number of rotatable bonds is 3. The number of halogens is 4. The van der Waals surface area contributed by atoms with E-state index in [9.17, 15) is 13.2 Å². The van der Waals surface area contributed by atoms with Crippen molar-refractivity contribution in [3.63, 3.8) is 0 Å². The molecule has 2 nitrogen and oxygen atoms in total. The summed E-state index contributed by atoms with van der Waals surface area (Å²) in [6, 6.07) is 12.9. The van der Waals surface area contributed by atoms with Crippen molar-refractivity contribution in [2.75, 3.05) is 0 Å². The molecule has 0 saturated heterocycles.